The van der Waals surface area contributed by atoms with Crippen molar-refractivity contribution in [2.45, 2.75) is 129 Å². The SMILES string of the molecule is CC(=O)N(O)CCCC1NC(=O)C(CCCN(O)C(C)=O)NC(=O)C(Cc2ccccc2)NC(=O)C(CC(C)C)NC(=O)C(Cc2ccccc2)NC(=O)C(CCCN(O)C(C)=O)NC1=O. The van der Waals surface area contributed by atoms with Crippen LogP contribution >= 0.6 is 0 Å². The van der Waals surface area contributed by atoms with E-state index < -0.39 is 89.4 Å². The molecule has 2 aromatic carbocycles. The average Bonchev–Trinajstić information content (AvgIpc) is 3.26. The molecule has 6 unspecified atom stereocenters. The summed E-state index contributed by atoms with van der Waals surface area (Å²) in [7, 11) is 0. The number of hydroxylamine groups is 6. The van der Waals surface area contributed by atoms with Crippen LogP contribution in [0, 0.1) is 5.92 Å². The smallest absolute Gasteiger partial charge is 0.243 e. The molecule has 0 aliphatic carbocycles. The zero-order valence-corrected chi connectivity index (χ0v) is 38.2. The lowest BCUT2D eigenvalue weighted by atomic mass is 9.99. The molecule has 21 nitrogen and oxygen atoms in total. The molecule has 0 aromatic heterocycles. The quantitative estimate of drug-likeness (QED) is 0.0730. The van der Waals surface area contributed by atoms with Crippen LogP contribution in [0.4, 0.5) is 0 Å². The van der Waals surface area contributed by atoms with E-state index in [1.165, 1.54) is 0 Å². The summed E-state index contributed by atoms with van der Waals surface area (Å²) < 4.78 is 0. The highest BCUT2D eigenvalue weighted by Gasteiger charge is 2.35. The summed E-state index contributed by atoms with van der Waals surface area (Å²) in [6, 6.07) is 9.15. The minimum Gasteiger partial charge on any atom is -0.343 e. The van der Waals surface area contributed by atoms with Crippen LogP contribution in [0.3, 0.4) is 0 Å². The van der Waals surface area contributed by atoms with Gasteiger partial charge in [-0.1, -0.05) is 74.5 Å². The third-order valence-electron chi connectivity index (χ3n) is 10.7. The highest BCUT2D eigenvalue weighted by molar-refractivity contribution is 5.98. The van der Waals surface area contributed by atoms with E-state index in [1.54, 1.807) is 60.7 Å². The molecule has 1 fully saturated rings. The topological polar surface area (TPSA) is 296 Å². The van der Waals surface area contributed by atoms with Crippen LogP contribution in [0.5, 0.6) is 0 Å². The second-order valence-electron chi connectivity index (χ2n) is 16.7. The molecular weight excluding hydrogens is 859 g/mol. The van der Waals surface area contributed by atoms with Gasteiger partial charge in [-0.25, -0.2) is 15.2 Å². The number of rotatable bonds is 18. The first kappa shape index (κ1) is 53.9. The van der Waals surface area contributed by atoms with Crippen LogP contribution in [0.2, 0.25) is 0 Å². The van der Waals surface area contributed by atoms with Crippen molar-refractivity contribution in [3.8, 4) is 0 Å². The Morgan fingerprint density at radius 3 is 1.00 bits per heavy atom. The maximum atomic E-state index is 14.4. The van der Waals surface area contributed by atoms with Crippen LogP contribution < -0.4 is 31.9 Å². The van der Waals surface area contributed by atoms with Crippen molar-refractivity contribution in [3.63, 3.8) is 0 Å². The summed E-state index contributed by atoms with van der Waals surface area (Å²) in [5, 5.41) is 47.6. The van der Waals surface area contributed by atoms with E-state index in [-0.39, 0.29) is 83.3 Å². The van der Waals surface area contributed by atoms with E-state index in [0.717, 1.165) is 20.8 Å². The number of amides is 9. The lowest BCUT2D eigenvalue weighted by Crippen LogP contribution is -2.62. The van der Waals surface area contributed by atoms with Gasteiger partial charge in [0.1, 0.15) is 36.3 Å². The van der Waals surface area contributed by atoms with Gasteiger partial charge in [-0.2, -0.15) is 0 Å². The standard InChI is InChI=1S/C45H65N9O12/c1-28(2)25-37-43(61)51-38(26-32-15-8-6-9-16-32)44(62)48-35(20-13-23-53(65)30(4)56)41(59)46-34(19-12-22-52(64)29(3)55)40(58)47-36(21-14-24-54(66)31(5)57)42(60)50-39(45(63)49-37)27-33-17-10-7-11-18-33/h6-11,15-18,28,34-39,64-66H,12-14,19-27H2,1-5H3,(H,46,59)(H,47,58)(H,48,62)(H,49,63)(H,50,60)(H,51,61). The molecule has 3 rings (SSSR count). The molecule has 1 heterocycles. The Hall–Kier alpha value is -6.45. The van der Waals surface area contributed by atoms with Gasteiger partial charge in [0.15, 0.2) is 0 Å². The first-order valence-electron chi connectivity index (χ1n) is 22.1. The van der Waals surface area contributed by atoms with Crippen LogP contribution in [-0.2, 0) is 56.0 Å². The Morgan fingerprint density at radius 1 is 0.455 bits per heavy atom. The summed E-state index contributed by atoms with van der Waals surface area (Å²) in [6.45, 7) is 6.27. The fourth-order valence-corrected chi connectivity index (χ4v) is 7.07. The van der Waals surface area contributed by atoms with Gasteiger partial charge in [0.25, 0.3) is 0 Å². The van der Waals surface area contributed by atoms with E-state index in [0.29, 0.717) is 26.3 Å². The normalized spacial score (nSPS) is 21.2. The predicted octanol–water partition coefficient (Wildman–Crippen LogP) is 0.494. The molecule has 9 N–H and O–H groups in total. The maximum Gasteiger partial charge on any atom is 0.243 e. The zero-order valence-electron chi connectivity index (χ0n) is 38.2. The lowest BCUT2D eigenvalue weighted by molar-refractivity contribution is -0.163. The van der Waals surface area contributed by atoms with E-state index >= 15 is 0 Å². The van der Waals surface area contributed by atoms with Gasteiger partial charge >= 0.3 is 0 Å². The van der Waals surface area contributed by atoms with Crippen LogP contribution in [0.15, 0.2) is 60.7 Å². The number of carbonyl (C=O) groups excluding carboxylic acids is 9. The van der Waals surface area contributed by atoms with E-state index in [2.05, 4.69) is 31.9 Å². The molecule has 0 radical (unpaired) electrons. The molecule has 1 saturated heterocycles. The summed E-state index contributed by atoms with van der Waals surface area (Å²) in [6.07, 6.45) is -0.726. The predicted molar refractivity (Wildman–Crippen MR) is 237 cm³/mol. The lowest BCUT2D eigenvalue weighted by Gasteiger charge is -2.30. The molecule has 0 bridgehead atoms. The fourth-order valence-electron chi connectivity index (χ4n) is 7.07. The van der Waals surface area contributed by atoms with Crippen molar-refractivity contribution in [2.24, 2.45) is 5.92 Å². The number of benzene rings is 2. The van der Waals surface area contributed by atoms with E-state index in [4.69, 9.17) is 0 Å². The minimum absolute atomic E-state index is 0.0316. The van der Waals surface area contributed by atoms with Crippen LogP contribution in [0.25, 0.3) is 0 Å². The largest absolute Gasteiger partial charge is 0.343 e. The number of nitrogens with zero attached hydrogens (tertiary/aromatic N) is 3. The first-order valence-corrected chi connectivity index (χ1v) is 22.1. The van der Waals surface area contributed by atoms with Crippen molar-refractivity contribution in [1.29, 1.82) is 0 Å². The van der Waals surface area contributed by atoms with E-state index in [9.17, 15) is 58.8 Å². The Labute approximate surface area is 384 Å². The second kappa shape index (κ2) is 27.1. The van der Waals surface area contributed by atoms with Crippen molar-refractivity contribution in [3.05, 3.63) is 71.8 Å². The molecule has 1 aliphatic heterocycles. The number of hydrogen-bond acceptors (Lipinski definition) is 12. The van der Waals surface area contributed by atoms with Crippen molar-refractivity contribution < 1.29 is 58.8 Å². The highest BCUT2D eigenvalue weighted by atomic mass is 16.5. The molecule has 2 aromatic rings. The minimum atomic E-state index is -1.48. The van der Waals surface area contributed by atoms with Crippen molar-refractivity contribution in [1.82, 2.24) is 47.1 Å². The average molecular weight is 924 g/mol. The van der Waals surface area contributed by atoms with Gasteiger partial charge in [-0.15, -0.1) is 0 Å². The molecule has 0 spiro atoms. The maximum absolute atomic E-state index is 14.4. The van der Waals surface area contributed by atoms with Gasteiger partial charge < -0.3 is 31.9 Å². The van der Waals surface area contributed by atoms with Gasteiger partial charge in [0.2, 0.25) is 53.2 Å². The van der Waals surface area contributed by atoms with Crippen LogP contribution in [0.1, 0.15) is 90.7 Å². The first-order chi connectivity index (χ1) is 31.2. The molecule has 66 heavy (non-hydrogen) atoms. The summed E-state index contributed by atoms with van der Waals surface area (Å²) >= 11 is 0. The molecule has 1 aliphatic rings. The Balaban J connectivity index is 2.19. The summed E-state index contributed by atoms with van der Waals surface area (Å²) in [4.78, 5) is 121. The summed E-state index contributed by atoms with van der Waals surface area (Å²) in [5.41, 5.74) is 1.27. The van der Waals surface area contributed by atoms with Crippen molar-refractivity contribution >= 4 is 53.2 Å². The zero-order chi connectivity index (χ0) is 48.9. The number of hydrogen-bond donors (Lipinski definition) is 9. The Kier molecular flexibility index (Phi) is 22.1. The number of nitrogens with one attached hydrogen (secondary N) is 6. The Bertz CT molecular complexity index is 1910. The summed E-state index contributed by atoms with van der Waals surface area (Å²) in [5.74, 6) is -7.18. The van der Waals surface area contributed by atoms with Gasteiger partial charge in [-0.3, -0.25) is 58.8 Å². The van der Waals surface area contributed by atoms with E-state index in [1.807, 2.05) is 13.8 Å². The molecule has 9 amide bonds. The fraction of sp³-hybridized carbons (Fsp3) is 0.533. The Morgan fingerprint density at radius 2 is 0.712 bits per heavy atom. The molecular formula is C45H65N9O12. The van der Waals surface area contributed by atoms with Crippen molar-refractivity contribution in [2.75, 3.05) is 19.6 Å². The van der Waals surface area contributed by atoms with Gasteiger partial charge in [0, 0.05) is 53.2 Å². The molecule has 362 valence electrons. The van der Waals surface area contributed by atoms with Gasteiger partial charge in [-0.05, 0) is 62.0 Å². The van der Waals surface area contributed by atoms with Gasteiger partial charge in [0.05, 0.1) is 0 Å². The molecule has 0 saturated carbocycles. The monoisotopic (exact) mass is 923 g/mol. The second-order valence-corrected chi connectivity index (χ2v) is 16.7. The number of carbonyl (C=O) groups is 9. The molecule has 21 heteroatoms. The highest BCUT2D eigenvalue weighted by Crippen LogP contribution is 2.13. The van der Waals surface area contributed by atoms with Crippen LogP contribution in [-0.4, -0.2) is 140 Å². The molecule has 6 atom stereocenters. The third kappa shape index (κ3) is 18.6. The third-order valence-corrected chi connectivity index (χ3v) is 10.7.